The van der Waals surface area contributed by atoms with Gasteiger partial charge in [0.1, 0.15) is 0 Å². The minimum absolute atomic E-state index is 0.574. The summed E-state index contributed by atoms with van der Waals surface area (Å²) in [7, 11) is 0. The van der Waals surface area contributed by atoms with E-state index in [2.05, 4.69) is 37.9 Å². The molecule has 106 valence electrons. The van der Waals surface area contributed by atoms with Crippen LogP contribution < -0.4 is 5.32 Å². The Bertz CT molecular complexity index is 260. The maximum Gasteiger partial charge on any atom is 0.0136 e. The monoisotopic (exact) mass is 252 g/mol. The Morgan fingerprint density at radius 3 is 2.56 bits per heavy atom. The van der Waals surface area contributed by atoms with Crippen molar-refractivity contribution in [3.05, 3.63) is 0 Å². The number of rotatable bonds is 4. The zero-order chi connectivity index (χ0) is 13.2. The first-order chi connectivity index (χ1) is 8.48. The van der Waals surface area contributed by atoms with Gasteiger partial charge in [-0.15, -0.1) is 0 Å². The molecule has 1 N–H and O–H groups in total. The van der Waals surface area contributed by atoms with Crippen molar-refractivity contribution < 1.29 is 0 Å². The lowest BCUT2D eigenvalue weighted by Gasteiger charge is -2.45. The van der Waals surface area contributed by atoms with Gasteiger partial charge in [-0.05, 0) is 63.1 Å². The van der Waals surface area contributed by atoms with Crippen LogP contribution in [0.3, 0.4) is 0 Å². The number of likely N-dealkylation sites (tertiary alicyclic amines) is 1. The van der Waals surface area contributed by atoms with Crippen molar-refractivity contribution in [3.8, 4) is 0 Å². The van der Waals surface area contributed by atoms with E-state index in [1.807, 2.05) is 0 Å². The fourth-order valence-electron chi connectivity index (χ4n) is 3.43. The highest BCUT2D eigenvalue weighted by molar-refractivity contribution is 4.92. The Morgan fingerprint density at radius 2 is 1.94 bits per heavy atom. The topological polar surface area (TPSA) is 15.3 Å². The lowest BCUT2D eigenvalue weighted by atomic mass is 9.78. The molecular formula is C16H32N2. The normalized spacial score (nSPS) is 33.2. The summed E-state index contributed by atoms with van der Waals surface area (Å²) < 4.78 is 0. The maximum atomic E-state index is 3.62. The van der Waals surface area contributed by atoms with Gasteiger partial charge in [-0.3, -0.25) is 0 Å². The first kappa shape index (κ1) is 14.3. The minimum Gasteiger partial charge on any atom is -0.314 e. The van der Waals surface area contributed by atoms with Gasteiger partial charge >= 0.3 is 0 Å². The van der Waals surface area contributed by atoms with Crippen LogP contribution >= 0.6 is 0 Å². The average molecular weight is 252 g/mol. The zero-order valence-electron chi connectivity index (χ0n) is 12.8. The van der Waals surface area contributed by atoms with Crippen molar-refractivity contribution in [2.24, 2.45) is 11.3 Å². The molecule has 1 aliphatic heterocycles. The molecule has 2 fully saturated rings. The van der Waals surface area contributed by atoms with Crippen LogP contribution in [0.2, 0.25) is 0 Å². The molecular weight excluding hydrogens is 220 g/mol. The summed E-state index contributed by atoms with van der Waals surface area (Å²) >= 11 is 0. The quantitative estimate of drug-likeness (QED) is 0.826. The Morgan fingerprint density at radius 1 is 1.17 bits per heavy atom. The SMILES string of the molecule is CC(C)NCC1CCC1N1CCCC(C)(C)CC1. The van der Waals surface area contributed by atoms with E-state index in [-0.39, 0.29) is 0 Å². The van der Waals surface area contributed by atoms with E-state index in [0.717, 1.165) is 12.0 Å². The van der Waals surface area contributed by atoms with Gasteiger partial charge in [0.05, 0.1) is 0 Å². The van der Waals surface area contributed by atoms with Crippen LogP contribution in [0.15, 0.2) is 0 Å². The van der Waals surface area contributed by atoms with Crippen molar-refractivity contribution in [3.63, 3.8) is 0 Å². The van der Waals surface area contributed by atoms with Crippen LogP contribution in [0.1, 0.15) is 59.8 Å². The second-order valence-electron chi connectivity index (χ2n) is 7.52. The minimum atomic E-state index is 0.574. The van der Waals surface area contributed by atoms with Crippen LogP contribution in [0.25, 0.3) is 0 Å². The van der Waals surface area contributed by atoms with Gasteiger partial charge in [-0.25, -0.2) is 0 Å². The van der Waals surface area contributed by atoms with E-state index in [1.165, 1.54) is 51.7 Å². The van der Waals surface area contributed by atoms with Gasteiger partial charge < -0.3 is 10.2 Å². The molecule has 0 aromatic rings. The summed E-state index contributed by atoms with van der Waals surface area (Å²) in [5.74, 6) is 0.911. The molecule has 18 heavy (non-hydrogen) atoms. The molecule has 2 atom stereocenters. The molecule has 1 aliphatic carbocycles. The molecule has 2 unspecified atom stereocenters. The molecule has 0 aromatic carbocycles. The third kappa shape index (κ3) is 3.71. The van der Waals surface area contributed by atoms with Crippen molar-refractivity contribution in [1.82, 2.24) is 10.2 Å². The van der Waals surface area contributed by atoms with Crippen LogP contribution in [0.5, 0.6) is 0 Å². The summed E-state index contributed by atoms with van der Waals surface area (Å²) in [4.78, 5) is 2.80. The molecule has 1 saturated heterocycles. The second kappa shape index (κ2) is 5.92. The van der Waals surface area contributed by atoms with E-state index in [0.29, 0.717) is 11.5 Å². The number of nitrogens with zero attached hydrogens (tertiary/aromatic N) is 1. The van der Waals surface area contributed by atoms with Crippen LogP contribution in [-0.2, 0) is 0 Å². The predicted molar refractivity (Wildman–Crippen MR) is 78.9 cm³/mol. The number of hydrogen-bond acceptors (Lipinski definition) is 2. The highest BCUT2D eigenvalue weighted by Crippen LogP contribution is 2.36. The summed E-state index contributed by atoms with van der Waals surface area (Å²) in [5.41, 5.74) is 0.574. The fourth-order valence-corrected chi connectivity index (χ4v) is 3.43. The molecule has 0 spiro atoms. The lowest BCUT2D eigenvalue weighted by molar-refractivity contribution is 0.0613. The molecule has 2 aliphatic rings. The average Bonchev–Trinajstić information content (AvgIpc) is 2.39. The van der Waals surface area contributed by atoms with Crippen molar-refractivity contribution in [1.29, 1.82) is 0 Å². The second-order valence-corrected chi connectivity index (χ2v) is 7.52. The van der Waals surface area contributed by atoms with E-state index in [1.54, 1.807) is 0 Å². The Labute approximate surface area is 114 Å². The molecule has 2 rings (SSSR count). The Hall–Kier alpha value is -0.0800. The summed E-state index contributed by atoms with van der Waals surface area (Å²) in [6.07, 6.45) is 7.06. The molecule has 0 bridgehead atoms. The first-order valence-corrected chi connectivity index (χ1v) is 7.95. The molecule has 2 heteroatoms. The van der Waals surface area contributed by atoms with Gasteiger partial charge in [0.15, 0.2) is 0 Å². The van der Waals surface area contributed by atoms with Crippen LogP contribution in [-0.4, -0.2) is 36.6 Å². The standard InChI is InChI=1S/C16H32N2/c1-13(2)17-12-14-6-7-15(14)18-10-5-8-16(3,4)9-11-18/h13-15,17H,5-12H2,1-4H3. The van der Waals surface area contributed by atoms with Crippen molar-refractivity contribution in [2.45, 2.75) is 71.9 Å². The summed E-state index contributed by atoms with van der Waals surface area (Å²) in [5, 5.41) is 3.62. The van der Waals surface area contributed by atoms with Gasteiger partial charge in [0.2, 0.25) is 0 Å². The number of nitrogens with one attached hydrogen (secondary N) is 1. The molecule has 0 radical (unpaired) electrons. The maximum absolute atomic E-state index is 3.62. The van der Waals surface area contributed by atoms with Gasteiger partial charge in [0, 0.05) is 12.1 Å². The largest absolute Gasteiger partial charge is 0.314 e. The fraction of sp³-hybridized carbons (Fsp3) is 1.00. The number of hydrogen-bond donors (Lipinski definition) is 1. The highest BCUT2D eigenvalue weighted by atomic mass is 15.2. The van der Waals surface area contributed by atoms with Crippen molar-refractivity contribution in [2.75, 3.05) is 19.6 Å². The third-order valence-corrected chi connectivity index (χ3v) is 5.01. The van der Waals surface area contributed by atoms with Crippen molar-refractivity contribution >= 4 is 0 Å². The third-order valence-electron chi connectivity index (χ3n) is 5.01. The first-order valence-electron chi connectivity index (χ1n) is 7.95. The van der Waals surface area contributed by atoms with E-state index < -0.39 is 0 Å². The smallest absolute Gasteiger partial charge is 0.0136 e. The molecule has 0 aromatic heterocycles. The summed E-state index contributed by atoms with van der Waals surface area (Å²) in [6.45, 7) is 13.3. The van der Waals surface area contributed by atoms with E-state index in [9.17, 15) is 0 Å². The van der Waals surface area contributed by atoms with Crippen LogP contribution in [0.4, 0.5) is 0 Å². The van der Waals surface area contributed by atoms with Gasteiger partial charge in [-0.2, -0.15) is 0 Å². The summed E-state index contributed by atoms with van der Waals surface area (Å²) in [6, 6.07) is 1.51. The highest BCUT2D eigenvalue weighted by Gasteiger charge is 2.36. The molecule has 0 amide bonds. The lowest BCUT2D eigenvalue weighted by Crippen LogP contribution is -2.51. The van der Waals surface area contributed by atoms with Gasteiger partial charge in [-0.1, -0.05) is 27.7 Å². The van der Waals surface area contributed by atoms with E-state index >= 15 is 0 Å². The Balaban J connectivity index is 1.80. The zero-order valence-corrected chi connectivity index (χ0v) is 12.8. The molecule has 2 nitrogen and oxygen atoms in total. The predicted octanol–water partition coefficient (Wildman–Crippen LogP) is 3.28. The Kier molecular flexibility index (Phi) is 4.71. The van der Waals surface area contributed by atoms with Crippen LogP contribution in [0, 0.1) is 11.3 Å². The van der Waals surface area contributed by atoms with E-state index in [4.69, 9.17) is 0 Å². The van der Waals surface area contributed by atoms with Gasteiger partial charge in [0.25, 0.3) is 0 Å². The molecule has 1 saturated carbocycles. The molecule has 1 heterocycles.